The van der Waals surface area contributed by atoms with Crippen molar-refractivity contribution in [1.29, 1.82) is 0 Å². The summed E-state index contributed by atoms with van der Waals surface area (Å²) >= 11 is 0. The quantitative estimate of drug-likeness (QED) is 0.903. The first-order valence-electron chi connectivity index (χ1n) is 8.69. The van der Waals surface area contributed by atoms with Gasteiger partial charge in [-0.1, -0.05) is 32.9 Å². The van der Waals surface area contributed by atoms with Crippen molar-refractivity contribution in [2.45, 2.75) is 64.6 Å². The molecular formula is C19H29FN2. The highest BCUT2D eigenvalue weighted by atomic mass is 19.1. The third-order valence-electron chi connectivity index (χ3n) is 5.29. The van der Waals surface area contributed by atoms with Crippen molar-refractivity contribution in [3.8, 4) is 0 Å². The predicted octanol–water partition coefficient (Wildman–Crippen LogP) is 4.13. The van der Waals surface area contributed by atoms with E-state index in [1.54, 1.807) is 12.1 Å². The second-order valence-electron chi connectivity index (χ2n) is 8.07. The molecule has 0 amide bonds. The summed E-state index contributed by atoms with van der Waals surface area (Å²) in [4.78, 5) is 2.65. The maximum Gasteiger partial charge on any atom is 0.123 e. The molecule has 2 fully saturated rings. The van der Waals surface area contributed by atoms with Crippen LogP contribution in [0.4, 0.5) is 4.39 Å². The van der Waals surface area contributed by atoms with E-state index >= 15 is 0 Å². The van der Waals surface area contributed by atoms with Gasteiger partial charge in [-0.15, -0.1) is 0 Å². The summed E-state index contributed by atoms with van der Waals surface area (Å²) in [6, 6.07) is 8.65. The Hall–Kier alpha value is -0.930. The molecule has 3 atom stereocenters. The molecule has 3 heteroatoms. The van der Waals surface area contributed by atoms with E-state index < -0.39 is 0 Å². The van der Waals surface area contributed by atoms with Gasteiger partial charge in [0.1, 0.15) is 5.82 Å². The number of nitrogens with one attached hydrogen (secondary N) is 1. The Balaban J connectivity index is 1.72. The molecule has 2 aliphatic heterocycles. The van der Waals surface area contributed by atoms with Gasteiger partial charge in [-0.05, 0) is 61.9 Å². The van der Waals surface area contributed by atoms with E-state index in [0.717, 1.165) is 6.04 Å². The number of rotatable bonds is 3. The molecule has 1 aromatic rings. The lowest BCUT2D eigenvalue weighted by atomic mass is 9.81. The van der Waals surface area contributed by atoms with Crippen molar-refractivity contribution in [3.63, 3.8) is 0 Å². The monoisotopic (exact) mass is 304 g/mol. The fourth-order valence-electron chi connectivity index (χ4n) is 4.11. The molecule has 1 aromatic carbocycles. The molecule has 122 valence electrons. The van der Waals surface area contributed by atoms with E-state index in [1.807, 2.05) is 12.1 Å². The summed E-state index contributed by atoms with van der Waals surface area (Å²) in [5.41, 5.74) is 1.31. The summed E-state index contributed by atoms with van der Waals surface area (Å²) in [5.74, 6) is -0.157. The Labute approximate surface area is 134 Å². The van der Waals surface area contributed by atoms with E-state index in [1.165, 1.54) is 44.3 Å². The molecule has 2 saturated heterocycles. The Morgan fingerprint density at radius 2 is 1.86 bits per heavy atom. The van der Waals surface area contributed by atoms with E-state index in [-0.39, 0.29) is 17.3 Å². The fraction of sp³-hybridized carbons (Fsp3) is 0.684. The third kappa shape index (κ3) is 3.52. The average Bonchev–Trinajstić information content (AvgIpc) is 2.92. The first-order chi connectivity index (χ1) is 10.4. The number of hydrogen-bond donors (Lipinski definition) is 1. The zero-order valence-corrected chi connectivity index (χ0v) is 14.1. The molecule has 0 saturated carbocycles. The predicted molar refractivity (Wildman–Crippen MR) is 89.3 cm³/mol. The molecule has 2 nitrogen and oxygen atoms in total. The molecule has 0 bridgehead atoms. The highest BCUT2D eigenvalue weighted by Gasteiger charge is 2.35. The smallest absolute Gasteiger partial charge is 0.123 e. The maximum atomic E-state index is 13.2. The highest BCUT2D eigenvalue weighted by Crippen LogP contribution is 2.35. The van der Waals surface area contributed by atoms with Gasteiger partial charge in [0.15, 0.2) is 0 Å². The van der Waals surface area contributed by atoms with Gasteiger partial charge in [0, 0.05) is 18.1 Å². The molecule has 0 radical (unpaired) electrons. The van der Waals surface area contributed by atoms with Gasteiger partial charge >= 0.3 is 0 Å². The molecule has 22 heavy (non-hydrogen) atoms. The minimum atomic E-state index is -0.157. The summed E-state index contributed by atoms with van der Waals surface area (Å²) in [6.45, 7) is 9.30. The minimum Gasteiger partial charge on any atom is -0.307 e. The van der Waals surface area contributed by atoms with Crippen molar-refractivity contribution in [1.82, 2.24) is 10.2 Å². The van der Waals surface area contributed by atoms with Crippen LogP contribution in [0.15, 0.2) is 24.3 Å². The van der Waals surface area contributed by atoms with Crippen molar-refractivity contribution in [2.24, 2.45) is 5.41 Å². The van der Waals surface area contributed by atoms with Crippen LogP contribution < -0.4 is 5.32 Å². The summed E-state index contributed by atoms with van der Waals surface area (Å²) in [7, 11) is 0. The number of halogens is 1. The van der Waals surface area contributed by atoms with Crippen LogP contribution in [0.25, 0.3) is 0 Å². The maximum absolute atomic E-state index is 13.2. The Morgan fingerprint density at radius 1 is 1.14 bits per heavy atom. The van der Waals surface area contributed by atoms with E-state index in [0.29, 0.717) is 6.04 Å². The lowest BCUT2D eigenvalue weighted by Crippen LogP contribution is -2.48. The first kappa shape index (κ1) is 15.9. The average molecular weight is 304 g/mol. The van der Waals surface area contributed by atoms with Gasteiger partial charge in [0.2, 0.25) is 0 Å². The van der Waals surface area contributed by atoms with E-state index in [9.17, 15) is 4.39 Å². The van der Waals surface area contributed by atoms with Crippen LogP contribution in [0.1, 0.15) is 58.1 Å². The van der Waals surface area contributed by atoms with Crippen molar-refractivity contribution in [3.05, 3.63) is 35.6 Å². The van der Waals surface area contributed by atoms with Gasteiger partial charge in [-0.2, -0.15) is 0 Å². The van der Waals surface area contributed by atoms with Gasteiger partial charge in [-0.3, -0.25) is 0 Å². The molecule has 1 N–H and O–H groups in total. The Morgan fingerprint density at radius 3 is 2.55 bits per heavy atom. The molecule has 0 aliphatic carbocycles. The topological polar surface area (TPSA) is 15.3 Å². The number of piperidine rings is 1. The number of fused-ring (bicyclic) bond motifs is 1. The van der Waals surface area contributed by atoms with Crippen LogP contribution in [-0.4, -0.2) is 30.1 Å². The lowest BCUT2D eigenvalue weighted by Gasteiger charge is -2.40. The lowest BCUT2D eigenvalue weighted by molar-refractivity contribution is 0.143. The zero-order valence-electron chi connectivity index (χ0n) is 14.1. The summed E-state index contributed by atoms with van der Waals surface area (Å²) in [6.07, 6.45) is 5.20. The molecular weight excluding hydrogens is 275 g/mol. The van der Waals surface area contributed by atoms with Crippen molar-refractivity contribution < 1.29 is 4.39 Å². The van der Waals surface area contributed by atoms with E-state index in [2.05, 4.69) is 31.0 Å². The summed E-state index contributed by atoms with van der Waals surface area (Å²) in [5, 5.41) is 3.90. The second kappa shape index (κ2) is 6.29. The van der Waals surface area contributed by atoms with Crippen LogP contribution >= 0.6 is 0 Å². The van der Waals surface area contributed by atoms with Crippen molar-refractivity contribution in [2.75, 3.05) is 13.1 Å². The number of hydrogen-bond acceptors (Lipinski definition) is 2. The normalized spacial score (nSPS) is 27.6. The van der Waals surface area contributed by atoms with Crippen LogP contribution in [0.3, 0.4) is 0 Å². The largest absolute Gasteiger partial charge is 0.307 e. The molecule has 0 unspecified atom stereocenters. The Bertz CT molecular complexity index is 491. The van der Waals surface area contributed by atoms with Gasteiger partial charge in [-0.25, -0.2) is 4.39 Å². The van der Waals surface area contributed by atoms with Crippen LogP contribution in [0.2, 0.25) is 0 Å². The fourth-order valence-corrected chi connectivity index (χ4v) is 4.11. The third-order valence-corrected chi connectivity index (χ3v) is 5.29. The number of nitrogens with zero attached hydrogens (tertiary/aromatic N) is 1. The summed E-state index contributed by atoms with van der Waals surface area (Å²) < 4.78 is 13.2. The highest BCUT2D eigenvalue weighted by molar-refractivity contribution is 5.22. The molecule has 0 spiro atoms. The van der Waals surface area contributed by atoms with Crippen LogP contribution in [0.5, 0.6) is 0 Å². The Kier molecular flexibility index (Phi) is 4.56. The zero-order chi connectivity index (χ0) is 15.7. The van der Waals surface area contributed by atoms with E-state index in [4.69, 9.17) is 0 Å². The van der Waals surface area contributed by atoms with Gasteiger partial charge in [0.25, 0.3) is 0 Å². The molecule has 2 heterocycles. The molecule has 2 aliphatic rings. The van der Waals surface area contributed by atoms with Crippen molar-refractivity contribution >= 4 is 0 Å². The standard InChI is InChI=1S/C19H29FN2/c1-19(2,3)18(14-6-8-15(20)9-7-14)21-16-10-12-22-11-4-5-17(22)13-16/h6-9,16-18,21H,4-5,10-13H2,1-3H3/t16-,17-,18+/m0/s1. The second-order valence-corrected chi connectivity index (χ2v) is 8.07. The first-order valence-corrected chi connectivity index (χ1v) is 8.69. The minimum absolute atomic E-state index is 0.116. The SMILES string of the molecule is CC(C)(C)[C@H](N[C@H]1CCN2CCC[C@H]2C1)c1ccc(F)cc1. The van der Waals surface area contributed by atoms with Gasteiger partial charge in [0.05, 0.1) is 0 Å². The van der Waals surface area contributed by atoms with Gasteiger partial charge < -0.3 is 10.2 Å². The molecule has 3 rings (SSSR count). The molecule has 0 aromatic heterocycles. The van der Waals surface area contributed by atoms with Crippen LogP contribution in [0, 0.1) is 11.2 Å². The number of benzene rings is 1. The van der Waals surface area contributed by atoms with Crippen LogP contribution in [-0.2, 0) is 0 Å².